The van der Waals surface area contributed by atoms with Crippen LogP contribution in [0.2, 0.25) is 0 Å². The van der Waals surface area contributed by atoms with Gasteiger partial charge in [-0.05, 0) is 18.9 Å². The van der Waals surface area contributed by atoms with Crippen LogP contribution in [0.3, 0.4) is 0 Å². The normalized spacial score (nSPS) is 39.8. The summed E-state index contributed by atoms with van der Waals surface area (Å²) in [4.78, 5) is 0. The van der Waals surface area contributed by atoms with E-state index in [0.29, 0.717) is 0 Å². The van der Waals surface area contributed by atoms with Crippen LogP contribution in [0.25, 0.3) is 0 Å². The van der Waals surface area contributed by atoms with E-state index in [1.54, 1.807) is 11.1 Å². The van der Waals surface area contributed by atoms with Gasteiger partial charge >= 0.3 is 0 Å². The highest BCUT2D eigenvalue weighted by Gasteiger charge is 2.57. The van der Waals surface area contributed by atoms with Crippen molar-refractivity contribution in [2.24, 2.45) is 17.6 Å². The Kier molecular flexibility index (Phi) is 0.662. The molecule has 1 saturated carbocycles. The average molecular weight is 109 g/mol. The lowest BCUT2D eigenvalue weighted by Gasteiger charge is -1.94. The molecule has 2 aliphatic carbocycles. The van der Waals surface area contributed by atoms with Gasteiger partial charge in [0.25, 0.3) is 0 Å². The molecule has 0 heterocycles. The van der Waals surface area contributed by atoms with E-state index in [-0.39, 0.29) is 0 Å². The van der Waals surface area contributed by atoms with Gasteiger partial charge in [-0.3, -0.25) is 0 Å². The zero-order valence-electron chi connectivity index (χ0n) is 5.15. The largest absolute Gasteiger partial charge is 0.330 e. The molecule has 0 aromatic heterocycles. The van der Waals surface area contributed by atoms with Crippen molar-refractivity contribution in [3.8, 4) is 0 Å². The third kappa shape index (κ3) is 0.360. The van der Waals surface area contributed by atoms with Gasteiger partial charge in [-0.25, -0.2) is 0 Å². The molecule has 0 bridgehead atoms. The molecule has 0 aromatic carbocycles. The molecule has 1 unspecified atom stereocenters. The molecule has 2 aliphatic rings. The zero-order valence-corrected chi connectivity index (χ0v) is 5.15. The Bertz CT molecular complexity index is 158. The van der Waals surface area contributed by atoms with Gasteiger partial charge in [-0.15, -0.1) is 0 Å². The fourth-order valence-corrected chi connectivity index (χ4v) is 1.65. The maximum absolute atomic E-state index is 5.36. The van der Waals surface area contributed by atoms with E-state index in [9.17, 15) is 0 Å². The molecule has 0 saturated heterocycles. The van der Waals surface area contributed by atoms with Gasteiger partial charge in [0, 0.05) is 5.92 Å². The fourth-order valence-electron chi connectivity index (χ4n) is 1.65. The van der Waals surface area contributed by atoms with E-state index < -0.39 is 0 Å². The maximum Gasteiger partial charge on any atom is 0.00795 e. The predicted octanol–water partition coefficient (Wildman–Crippen LogP) is 0.911. The van der Waals surface area contributed by atoms with Crippen LogP contribution >= 0.6 is 0 Å². The molecule has 1 heteroatoms. The predicted molar refractivity (Wildman–Crippen MR) is 33.4 cm³/mol. The minimum absolute atomic E-state index is 0.849. The van der Waals surface area contributed by atoms with Crippen molar-refractivity contribution in [1.29, 1.82) is 0 Å². The smallest absolute Gasteiger partial charge is 0.00795 e. The number of rotatable bonds is 2. The minimum atomic E-state index is 0.849. The first-order valence-electron chi connectivity index (χ1n) is 3.29. The van der Waals surface area contributed by atoms with Crippen LogP contribution in [0.5, 0.6) is 0 Å². The number of hydrogen-bond acceptors (Lipinski definition) is 1. The van der Waals surface area contributed by atoms with Crippen LogP contribution in [0.15, 0.2) is 11.1 Å². The summed E-state index contributed by atoms with van der Waals surface area (Å²) in [5, 5.41) is 0. The van der Waals surface area contributed by atoms with Crippen LogP contribution in [0.4, 0.5) is 0 Å². The average Bonchev–Trinajstić information content (AvgIpc) is 2.57. The molecule has 8 heavy (non-hydrogen) atoms. The molecule has 0 radical (unpaired) electrons. The Hall–Kier alpha value is -0.300. The zero-order chi connectivity index (χ0) is 5.72. The highest BCUT2D eigenvalue weighted by molar-refractivity contribution is 5.58. The van der Waals surface area contributed by atoms with E-state index in [1.807, 2.05) is 0 Å². The summed E-state index contributed by atoms with van der Waals surface area (Å²) in [5.74, 6) is 1.91. The third-order valence-electron chi connectivity index (χ3n) is 2.29. The highest BCUT2D eigenvalue weighted by Crippen LogP contribution is 2.67. The van der Waals surface area contributed by atoms with Crippen molar-refractivity contribution in [3.05, 3.63) is 11.1 Å². The number of hydrogen-bond donors (Lipinski definition) is 1. The maximum atomic E-state index is 5.36. The highest BCUT2D eigenvalue weighted by atomic mass is 14.6. The first kappa shape index (κ1) is 4.57. The molecule has 1 nitrogen and oxygen atoms in total. The van der Waals surface area contributed by atoms with Crippen LogP contribution in [-0.2, 0) is 0 Å². The first-order valence-corrected chi connectivity index (χ1v) is 3.29. The molecule has 1 fully saturated rings. The molecule has 0 aromatic rings. The Labute approximate surface area is 49.6 Å². The van der Waals surface area contributed by atoms with E-state index in [0.717, 1.165) is 18.4 Å². The monoisotopic (exact) mass is 109 g/mol. The summed E-state index contributed by atoms with van der Waals surface area (Å²) >= 11 is 0. The van der Waals surface area contributed by atoms with Gasteiger partial charge in [-0.1, -0.05) is 18.1 Å². The molecule has 2 atom stereocenters. The summed E-state index contributed by atoms with van der Waals surface area (Å²) in [6, 6.07) is 0. The summed E-state index contributed by atoms with van der Waals surface area (Å²) in [7, 11) is 0. The van der Waals surface area contributed by atoms with Gasteiger partial charge in [-0.2, -0.15) is 0 Å². The Balaban J connectivity index is 1.91. The fraction of sp³-hybridized carbons (Fsp3) is 0.714. The molecule has 2 rings (SSSR count). The van der Waals surface area contributed by atoms with Crippen molar-refractivity contribution in [3.63, 3.8) is 0 Å². The quantitative estimate of drug-likeness (QED) is 0.524. The van der Waals surface area contributed by atoms with Crippen molar-refractivity contribution >= 4 is 0 Å². The summed E-state index contributed by atoms with van der Waals surface area (Å²) in [5.41, 5.74) is 8.78. The van der Waals surface area contributed by atoms with E-state index >= 15 is 0 Å². The number of nitrogens with two attached hydrogens (primary N) is 1. The Morgan fingerprint density at radius 2 is 2.25 bits per heavy atom. The van der Waals surface area contributed by atoms with Gasteiger partial charge < -0.3 is 5.73 Å². The standard InChI is InChI=1S/C7H11N/c1-4-6-5(2-3-8)7(4)6/h4,6H,2-3,8H2,1H3/t4-,6?/m0/s1. The van der Waals surface area contributed by atoms with Gasteiger partial charge in [0.05, 0.1) is 0 Å². The Morgan fingerprint density at radius 1 is 1.62 bits per heavy atom. The first-order chi connectivity index (χ1) is 3.86. The van der Waals surface area contributed by atoms with Crippen LogP contribution in [-0.4, -0.2) is 6.54 Å². The van der Waals surface area contributed by atoms with Gasteiger partial charge in [0.15, 0.2) is 0 Å². The van der Waals surface area contributed by atoms with Crippen molar-refractivity contribution in [2.75, 3.05) is 6.54 Å². The third-order valence-corrected chi connectivity index (χ3v) is 2.29. The second kappa shape index (κ2) is 1.16. The van der Waals surface area contributed by atoms with E-state index in [2.05, 4.69) is 6.92 Å². The van der Waals surface area contributed by atoms with Crippen LogP contribution < -0.4 is 5.73 Å². The Morgan fingerprint density at radius 3 is 2.62 bits per heavy atom. The molecule has 44 valence electrons. The lowest BCUT2D eigenvalue weighted by molar-refractivity contribution is 0.791. The van der Waals surface area contributed by atoms with E-state index in [1.165, 1.54) is 6.42 Å². The minimum Gasteiger partial charge on any atom is -0.330 e. The summed E-state index contributed by atoms with van der Waals surface area (Å²) < 4.78 is 0. The second-order valence-electron chi connectivity index (χ2n) is 2.79. The van der Waals surface area contributed by atoms with Gasteiger partial charge in [0.1, 0.15) is 0 Å². The molecule has 0 amide bonds. The van der Waals surface area contributed by atoms with Crippen LogP contribution in [0, 0.1) is 11.8 Å². The SMILES string of the molecule is C[C@@H]1C2=C(CCN)C21. The molecular formula is C7H11N. The number of allylic oxidation sites excluding steroid dienone is 1. The van der Waals surface area contributed by atoms with Crippen molar-refractivity contribution in [1.82, 2.24) is 0 Å². The van der Waals surface area contributed by atoms with E-state index in [4.69, 9.17) is 5.73 Å². The number of fused-ring (bicyclic) bond motifs is 1. The molecule has 0 aliphatic heterocycles. The molecule has 0 spiro atoms. The van der Waals surface area contributed by atoms with Crippen LogP contribution in [0.1, 0.15) is 13.3 Å². The molecular weight excluding hydrogens is 98.1 g/mol. The summed E-state index contributed by atoms with van der Waals surface area (Å²) in [6.07, 6.45) is 1.17. The van der Waals surface area contributed by atoms with Crippen molar-refractivity contribution in [2.45, 2.75) is 13.3 Å². The van der Waals surface area contributed by atoms with Crippen molar-refractivity contribution < 1.29 is 0 Å². The summed E-state index contributed by atoms with van der Waals surface area (Å²) in [6.45, 7) is 3.14. The lowest BCUT2D eigenvalue weighted by atomic mass is 10.1. The van der Waals surface area contributed by atoms with Gasteiger partial charge in [0.2, 0.25) is 0 Å². The lowest BCUT2D eigenvalue weighted by Crippen LogP contribution is -1.99. The molecule has 2 N–H and O–H groups in total. The second-order valence-corrected chi connectivity index (χ2v) is 2.79. The topological polar surface area (TPSA) is 26.0 Å².